The highest BCUT2D eigenvalue weighted by atomic mass is 16.7. The highest BCUT2D eigenvalue weighted by molar-refractivity contribution is 6.62. The predicted octanol–water partition coefficient (Wildman–Crippen LogP) is 2.67. The van der Waals surface area contributed by atoms with Gasteiger partial charge in [0.15, 0.2) is 0 Å². The van der Waals surface area contributed by atoms with Crippen LogP contribution in [0.25, 0.3) is 0 Å². The van der Waals surface area contributed by atoms with E-state index >= 15 is 0 Å². The molecule has 1 amide bonds. The molecule has 1 N–H and O–H groups in total. The molecule has 2 fully saturated rings. The molecule has 0 spiro atoms. The third kappa shape index (κ3) is 3.56. The highest BCUT2D eigenvalue weighted by Crippen LogP contribution is 2.36. The van der Waals surface area contributed by atoms with Crippen LogP contribution in [0.3, 0.4) is 0 Å². The standard InChI is InChI=1S/C19H28BNO4/c1-6-23-16-12-13(20-24-18(2,3)19(4,5)25-20)10-11-15(16)17(22)21-14-8-7-9-14/h10-12,14H,6-9H2,1-5H3,(H,21,22). The van der Waals surface area contributed by atoms with Crippen LogP contribution in [0.1, 0.15) is 64.2 Å². The summed E-state index contributed by atoms with van der Waals surface area (Å²) >= 11 is 0. The lowest BCUT2D eigenvalue weighted by Gasteiger charge is -2.32. The lowest BCUT2D eigenvalue weighted by atomic mass is 9.78. The molecule has 1 saturated heterocycles. The molecular weight excluding hydrogens is 317 g/mol. The third-order valence-corrected chi connectivity index (χ3v) is 5.52. The lowest BCUT2D eigenvalue weighted by Crippen LogP contribution is -2.41. The van der Waals surface area contributed by atoms with Gasteiger partial charge in [-0.2, -0.15) is 0 Å². The van der Waals surface area contributed by atoms with E-state index in [4.69, 9.17) is 14.0 Å². The number of amides is 1. The van der Waals surface area contributed by atoms with Crippen LogP contribution < -0.4 is 15.5 Å². The van der Waals surface area contributed by atoms with Crippen molar-refractivity contribution in [3.05, 3.63) is 23.8 Å². The molecule has 1 saturated carbocycles. The smallest absolute Gasteiger partial charge is 0.493 e. The van der Waals surface area contributed by atoms with Gasteiger partial charge in [-0.3, -0.25) is 4.79 Å². The Morgan fingerprint density at radius 1 is 1.24 bits per heavy atom. The topological polar surface area (TPSA) is 56.8 Å². The Kier molecular flexibility index (Phi) is 4.86. The number of rotatable bonds is 5. The van der Waals surface area contributed by atoms with Gasteiger partial charge >= 0.3 is 7.12 Å². The molecule has 1 aromatic rings. The van der Waals surface area contributed by atoms with E-state index in [1.54, 1.807) is 6.07 Å². The molecule has 136 valence electrons. The van der Waals surface area contributed by atoms with E-state index in [2.05, 4.69) is 5.32 Å². The van der Waals surface area contributed by atoms with Crippen molar-refractivity contribution in [3.63, 3.8) is 0 Å². The number of carbonyl (C=O) groups is 1. The van der Waals surface area contributed by atoms with Crippen LogP contribution in [0, 0.1) is 0 Å². The van der Waals surface area contributed by atoms with Gasteiger partial charge in [0.2, 0.25) is 0 Å². The number of benzene rings is 1. The van der Waals surface area contributed by atoms with Gasteiger partial charge in [-0.15, -0.1) is 0 Å². The van der Waals surface area contributed by atoms with Crippen molar-refractivity contribution >= 4 is 18.5 Å². The second-order valence-corrected chi connectivity index (χ2v) is 7.88. The average Bonchev–Trinajstić information content (AvgIpc) is 2.71. The summed E-state index contributed by atoms with van der Waals surface area (Å²) in [6.45, 7) is 10.5. The zero-order valence-corrected chi connectivity index (χ0v) is 15.8. The SMILES string of the molecule is CCOc1cc(B2OC(C)(C)C(C)(C)O2)ccc1C(=O)NC1CCC1. The van der Waals surface area contributed by atoms with Crippen molar-refractivity contribution < 1.29 is 18.8 Å². The lowest BCUT2D eigenvalue weighted by molar-refractivity contribution is 0.00578. The van der Waals surface area contributed by atoms with Gasteiger partial charge in [0.25, 0.3) is 5.91 Å². The fourth-order valence-corrected chi connectivity index (χ4v) is 2.94. The van der Waals surface area contributed by atoms with Crippen LogP contribution in [-0.4, -0.2) is 36.9 Å². The van der Waals surface area contributed by atoms with Gasteiger partial charge in [0.1, 0.15) is 5.75 Å². The summed E-state index contributed by atoms with van der Waals surface area (Å²) in [6.07, 6.45) is 3.30. The Morgan fingerprint density at radius 2 is 1.88 bits per heavy atom. The summed E-state index contributed by atoms with van der Waals surface area (Å²) in [5.41, 5.74) is 0.629. The summed E-state index contributed by atoms with van der Waals surface area (Å²) in [7, 11) is -0.465. The van der Waals surface area contributed by atoms with E-state index in [-0.39, 0.29) is 5.91 Å². The molecule has 0 radical (unpaired) electrons. The summed E-state index contributed by atoms with van der Waals surface area (Å²) in [5, 5.41) is 3.07. The fraction of sp³-hybridized carbons (Fsp3) is 0.632. The van der Waals surface area contributed by atoms with Crippen molar-refractivity contribution in [3.8, 4) is 5.75 Å². The molecule has 1 aliphatic carbocycles. The van der Waals surface area contributed by atoms with E-state index < -0.39 is 18.3 Å². The predicted molar refractivity (Wildman–Crippen MR) is 98.4 cm³/mol. The molecule has 25 heavy (non-hydrogen) atoms. The number of hydrogen-bond donors (Lipinski definition) is 1. The molecule has 1 heterocycles. The molecule has 6 heteroatoms. The first-order valence-corrected chi connectivity index (χ1v) is 9.17. The van der Waals surface area contributed by atoms with E-state index in [0.717, 1.165) is 18.3 Å². The van der Waals surface area contributed by atoms with Crippen molar-refractivity contribution in [2.45, 2.75) is 71.1 Å². The minimum Gasteiger partial charge on any atom is -0.493 e. The van der Waals surface area contributed by atoms with E-state index in [9.17, 15) is 4.79 Å². The number of hydrogen-bond acceptors (Lipinski definition) is 4. The summed E-state index contributed by atoms with van der Waals surface area (Å²) in [6, 6.07) is 5.85. The van der Waals surface area contributed by atoms with Crippen molar-refractivity contribution in [2.75, 3.05) is 6.61 Å². The van der Waals surface area contributed by atoms with Crippen LogP contribution in [0.15, 0.2) is 18.2 Å². The first-order chi connectivity index (χ1) is 11.7. The number of ether oxygens (including phenoxy) is 1. The van der Waals surface area contributed by atoms with Crippen LogP contribution in [0.4, 0.5) is 0 Å². The molecule has 5 nitrogen and oxygen atoms in total. The Labute approximate surface area is 150 Å². The van der Waals surface area contributed by atoms with Crippen LogP contribution >= 0.6 is 0 Å². The molecule has 0 aromatic heterocycles. The molecule has 3 rings (SSSR count). The van der Waals surface area contributed by atoms with Crippen LogP contribution in [0.2, 0.25) is 0 Å². The summed E-state index contributed by atoms with van der Waals surface area (Å²) < 4.78 is 17.9. The third-order valence-electron chi connectivity index (χ3n) is 5.52. The highest BCUT2D eigenvalue weighted by Gasteiger charge is 2.51. The minimum atomic E-state index is -0.465. The maximum absolute atomic E-state index is 12.5. The van der Waals surface area contributed by atoms with Gasteiger partial charge < -0.3 is 19.4 Å². The largest absolute Gasteiger partial charge is 0.494 e. The van der Waals surface area contributed by atoms with Crippen molar-refractivity contribution in [1.82, 2.24) is 5.32 Å². The first-order valence-electron chi connectivity index (χ1n) is 9.17. The Balaban J connectivity index is 1.82. The Hall–Kier alpha value is -1.53. The first kappa shape index (κ1) is 18.3. The molecule has 1 aromatic carbocycles. The number of carbonyl (C=O) groups excluding carboxylic acids is 1. The maximum atomic E-state index is 12.5. The second kappa shape index (κ2) is 6.65. The van der Waals surface area contributed by atoms with E-state index in [1.165, 1.54) is 6.42 Å². The van der Waals surface area contributed by atoms with Gasteiger partial charge in [-0.25, -0.2) is 0 Å². The molecule has 0 atom stereocenters. The minimum absolute atomic E-state index is 0.0754. The van der Waals surface area contributed by atoms with E-state index in [1.807, 2.05) is 46.8 Å². The van der Waals surface area contributed by atoms with Crippen molar-refractivity contribution in [1.29, 1.82) is 0 Å². The fourth-order valence-electron chi connectivity index (χ4n) is 2.94. The summed E-state index contributed by atoms with van der Waals surface area (Å²) in [5.74, 6) is 0.500. The maximum Gasteiger partial charge on any atom is 0.494 e. The van der Waals surface area contributed by atoms with Gasteiger partial charge in [-0.05, 0) is 71.5 Å². The Morgan fingerprint density at radius 3 is 2.40 bits per heavy atom. The summed E-state index contributed by atoms with van der Waals surface area (Å²) in [4.78, 5) is 12.5. The van der Waals surface area contributed by atoms with Crippen LogP contribution in [0.5, 0.6) is 5.75 Å². The zero-order chi connectivity index (χ0) is 18.2. The average molecular weight is 345 g/mol. The Bertz CT molecular complexity index is 639. The molecule has 1 aliphatic heterocycles. The monoisotopic (exact) mass is 345 g/mol. The molecule has 0 bridgehead atoms. The van der Waals surface area contributed by atoms with Gasteiger partial charge in [0.05, 0.1) is 23.4 Å². The second-order valence-electron chi connectivity index (χ2n) is 7.88. The normalized spacial score (nSPS) is 21.7. The van der Waals surface area contributed by atoms with Gasteiger partial charge in [-0.1, -0.05) is 6.07 Å². The molecule has 2 aliphatic rings. The molecular formula is C19H28BNO4. The molecule has 0 unspecified atom stereocenters. The van der Waals surface area contributed by atoms with E-state index in [0.29, 0.717) is 24.0 Å². The zero-order valence-electron chi connectivity index (χ0n) is 15.8. The van der Waals surface area contributed by atoms with Crippen LogP contribution in [-0.2, 0) is 9.31 Å². The van der Waals surface area contributed by atoms with Gasteiger partial charge in [0, 0.05) is 6.04 Å². The quantitative estimate of drug-likeness (QED) is 0.834. The van der Waals surface area contributed by atoms with Crippen molar-refractivity contribution in [2.24, 2.45) is 0 Å². The number of nitrogens with one attached hydrogen (secondary N) is 1.